The van der Waals surface area contributed by atoms with Crippen molar-refractivity contribution in [1.82, 2.24) is 9.88 Å². The largest absolute Gasteiger partial charge is 0.507 e. The second-order valence-corrected chi connectivity index (χ2v) is 9.70. The third-order valence-corrected chi connectivity index (χ3v) is 6.88. The maximum atomic E-state index is 13.4. The summed E-state index contributed by atoms with van der Waals surface area (Å²) in [5.74, 6) is -1.76. The lowest BCUT2D eigenvalue weighted by Crippen LogP contribution is -2.29. The highest BCUT2D eigenvalue weighted by Gasteiger charge is 2.46. The van der Waals surface area contributed by atoms with Crippen molar-refractivity contribution in [2.45, 2.75) is 26.1 Å². The Labute approximate surface area is 237 Å². The summed E-state index contributed by atoms with van der Waals surface area (Å²) in [7, 11) is 1.29. The number of benzene rings is 3. The molecule has 8 heteroatoms. The summed E-state index contributed by atoms with van der Waals surface area (Å²) in [6.45, 7) is 2.50. The Hall–Kier alpha value is -5.24. The zero-order valence-electron chi connectivity index (χ0n) is 22.6. The van der Waals surface area contributed by atoms with E-state index in [-0.39, 0.29) is 17.9 Å². The molecule has 1 amide bonds. The number of Topliss-reactive ketones (excluding diaryl/α,β-unsaturated/α-hetero) is 1. The predicted molar refractivity (Wildman–Crippen MR) is 152 cm³/mol. The van der Waals surface area contributed by atoms with Gasteiger partial charge in [0.05, 0.1) is 24.3 Å². The number of rotatable bonds is 8. The molecule has 8 nitrogen and oxygen atoms in total. The summed E-state index contributed by atoms with van der Waals surface area (Å²) in [6, 6.07) is 23.8. The van der Waals surface area contributed by atoms with Gasteiger partial charge in [0.25, 0.3) is 11.7 Å². The minimum atomic E-state index is -0.890. The molecule has 0 spiro atoms. The van der Waals surface area contributed by atoms with E-state index in [0.29, 0.717) is 29.0 Å². The van der Waals surface area contributed by atoms with Crippen LogP contribution in [0.25, 0.3) is 5.76 Å². The molecule has 2 heterocycles. The topological polar surface area (TPSA) is 106 Å². The van der Waals surface area contributed by atoms with Crippen molar-refractivity contribution in [2.75, 3.05) is 7.11 Å². The van der Waals surface area contributed by atoms with Gasteiger partial charge in [0.15, 0.2) is 0 Å². The second kappa shape index (κ2) is 11.9. The molecule has 1 saturated heterocycles. The van der Waals surface area contributed by atoms with Crippen molar-refractivity contribution in [1.29, 1.82) is 0 Å². The van der Waals surface area contributed by atoms with Crippen LogP contribution in [0.1, 0.15) is 44.2 Å². The molecule has 41 heavy (non-hydrogen) atoms. The molecule has 1 fully saturated rings. The number of ketones is 1. The molecule has 3 aromatic carbocycles. The highest BCUT2D eigenvalue weighted by molar-refractivity contribution is 6.46. The lowest BCUT2D eigenvalue weighted by Gasteiger charge is -2.25. The van der Waals surface area contributed by atoms with Crippen molar-refractivity contribution in [2.24, 2.45) is 0 Å². The number of aryl methyl sites for hydroxylation is 1. The quantitative estimate of drug-likeness (QED) is 0.136. The first-order valence-electron chi connectivity index (χ1n) is 13.0. The van der Waals surface area contributed by atoms with Crippen LogP contribution in [0, 0.1) is 6.92 Å². The standard InChI is InChI=1S/C33H28N2O6/c1-21-5-3-6-22(17-21)20-41-27-14-12-25(13-15-27)30(36)28-29(24-8-10-26(11-9-24)33(39)40-2)35(32(38)31(28)37)19-23-7-4-16-34-18-23/h3-18,29,36H,19-20H2,1-2H3/b30-28+/t29-/m0/s1. The lowest BCUT2D eigenvalue weighted by atomic mass is 9.94. The molecule has 1 aliphatic heterocycles. The van der Waals surface area contributed by atoms with Gasteiger partial charge in [-0.2, -0.15) is 0 Å². The number of amides is 1. The summed E-state index contributed by atoms with van der Waals surface area (Å²) < 4.78 is 10.7. The molecule has 1 atom stereocenters. The molecule has 1 N–H and O–H groups in total. The Balaban J connectivity index is 1.48. The maximum absolute atomic E-state index is 13.4. The van der Waals surface area contributed by atoms with Gasteiger partial charge in [-0.05, 0) is 66.1 Å². The molecule has 4 aromatic rings. The first kappa shape index (κ1) is 27.3. The Morgan fingerprint density at radius 2 is 1.63 bits per heavy atom. The van der Waals surface area contributed by atoms with Crippen LogP contribution in [0.15, 0.2) is 103 Å². The van der Waals surface area contributed by atoms with Crippen LogP contribution < -0.4 is 4.74 Å². The number of hydrogen-bond acceptors (Lipinski definition) is 7. The highest BCUT2D eigenvalue weighted by Crippen LogP contribution is 2.40. The monoisotopic (exact) mass is 548 g/mol. The number of aliphatic hydroxyl groups is 1. The number of aromatic nitrogens is 1. The summed E-state index contributed by atoms with van der Waals surface area (Å²) in [4.78, 5) is 44.1. The fourth-order valence-corrected chi connectivity index (χ4v) is 4.83. The Kier molecular flexibility index (Phi) is 7.92. The number of carbonyl (C=O) groups excluding carboxylic acids is 3. The van der Waals surface area contributed by atoms with Crippen LogP contribution >= 0.6 is 0 Å². The van der Waals surface area contributed by atoms with E-state index in [4.69, 9.17) is 9.47 Å². The number of esters is 1. The summed E-state index contributed by atoms with van der Waals surface area (Å²) in [5.41, 5.74) is 4.09. The first-order valence-corrected chi connectivity index (χ1v) is 13.0. The van der Waals surface area contributed by atoms with E-state index in [1.165, 1.54) is 12.0 Å². The SMILES string of the molecule is COC(=O)c1ccc([C@H]2/C(=C(\O)c3ccc(OCc4cccc(C)c4)cc3)C(=O)C(=O)N2Cc2cccnc2)cc1. The molecule has 0 radical (unpaired) electrons. The van der Waals surface area contributed by atoms with E-state index in [1.807, 2.05) is 31.2 Å². The van der Waals surface area contributed by atoms with Gasteiger partial charge in [-0.1, -0.05) is 48.0 Å². The fraction of sp³-hybridized carbons (Fsp3) is 0.152. The minimum absolute atomic E-state index is 0.0434. The lowest BCUT2D eigenvalue weighted by molar-refractivity contribution is -0.140. The average Bonchev–Trinajstić information content (AvgIpc) is 3.25. The Morgan fingerprint density at radius 3 is 2.29 bits per heavy atom. The van der Waals surface area contributed by atoms with Gasteiger partial charge < -0.3 is 19.5 Å². The molecule has 1 aliphatic rings. The molecule has 0 saturated carbocycles. The average molecular weight is 549 g/mol. The first-order chi connectivity index (χ1) is 19.9. The number of ether oxygens (including phenoxy) is 2. The van der Waals surface area contributed by atoms with Gasteiger partial charge in [0, 0.05) is 24.5 Å². The van der Waals surface area contributed by atoms with Gasteiger partial charge >= 0.3 is 5.97 Å². The van der Waals surface area contributed by atoms with E-state index in [1.54, 1.807) is 73.1 Å². The second-order valence-electron chi connectivity index (χ2n) is 9.70. The van der Waals surface area contributed by atoms with E-state index in [0.717, 1.165) is 16.7 Å². The third kappa shape index (κ3) is 5.86. The number of aliphatic hydroxyl groups excluding tert-OH is 1. The predicted octanol–water partition coefficient (Wildman–Crippen LogP) is 5.38. The number of carbonyl (C=O) groups is 3. The van der Waals surface area contributed by atoms with Gasteiger partial charge in [-0.3, -0.25) is 14.6 Å². The van der Waals surface area contributed by atoms with Crippen molar-refractivity contribution in [3.8, 4) is 5.75 Å². The molecule has 0 bridgehead atoms. The van der Waals surface area contributed by atoms with Crippen molar-refractivity contribution in [3.63, 3.8) is 0 Å². The number of likely N-dealkylation sites (tertiary alicyclic amines) is 1. The third-order valence-electron chi connectivity index (χ3n) is 6.88. The molecule has 0 aliphatic carbocycles. The van der Waals surface area contributed by atoms with E-state index >= 15 is 0 Å². The van der Waals surface area contributed by atoms with E-state index < -0.39 is 23.7 Å². The summed E-state index contributed by atoms with van der Waals surface area (Å²) in [5, 5.41) is 11.4. The maximum Gasteiger partial charge on any atom is 0.337 e. The molecular formula is C33H28N2O6. The van der Waals surface area contributed by atoms with Crippen molar-refractivity contribution >= 4 is 23.4 Å². The molecule has 1 aromatic heterocycles. The van der Waals surface area contributed by atoms with Gasteiger partial charge in [0.2, 0.25) is 0 Å². The van der Waals surface area contributed by atoms with Crippen LogP contribution in [-0.2, 0) is 27.5 Å². The van der Waals surface area contributed by atoms with E-state index in [2.05, 4.69) is 4.98 Å². The normalized spacial score (nSPS) is 16.0. The van der Waals surface area contributed by atoms with Gasteiger partial charge in [-0.25, -0.2) is 4.79 Å². The van der Waals surface area contributed by atoms with Crippen LogP contribution in [0.3, 0.4) is 0 Å². The van der Waals surface area contributed by atoms with Crippen molar-refractivity contribution < 1.29 is 29.0 Å². The zero-order valence-corrected chi connectivity index (χ0v) is 22.6. The molecule has 0 unspecified atom stereocenters. The summed E-state index contributed by atoms with van der Waals surface area (Å²) in [6.07, 6.45) is 3.24. The summed E-state index contributed by atoms with van der Waals surface area (Å²) >= 11 is 0. The Morgan fingerprint density at radius 1 is 0.927 bits per heavy atom. The van der Waals surface area contributed by atoms with Crippen LogP contribution in [-0.4, -0.2) is 39.8 Å². The number of pyridine rings is 1. The number of nitrogens with zero attached hydrogens (tertiary/aromatic N) is 2. The van der Waals surface area contributed by atoms with Crippen LogP contribution in [0.2, 0.25) is 0 Å². The highest BCUT2D eigenvalue weighted by atomic mass is 16.5. The molecule has 5 rings (SSSR count). The number of methoxy groups -OCH3 is 1. The Bertz CT molecular complexity index is 1610. The van der Waals surface area contributed by atoms with Gasteiger partial charge in [-0.15, -0.1) is 0 Å². The zero-order chi connectivity index (χ0) is 28.9. The van der Waals surface area contributed by atoms with Crippen LogP contribution in [0.4, 0.5) is 0 Å². The smallest absolute Gasteiger partial charge is 0.337 e. The number of hydrogen-bond donors (Lipinski definition) is 1. The fourth-order valence-electron chi connectivity index (χ4n) is 4.83. The van der Waals surface area contributed by atoms with E-state index in [9.17, 15) is 19.5 Å². The molecule has 206 valence electrons. The molecular weight excluding hydrogens is 520 g/mol. The van der Waals surface area contributed by atoms with Crippen molar-refractivity contribution in [3.05, 3.63) is 136 Å². The van der Waals surface area contributed by atoms with Crippen LogP contribution in [0.5, 0.6) is 5.75 Å². The minimum Gasteiger partial charge on any atom is -0.507 e. The van der Waals surface area contributed by atoms with Gasteiger partial charge in [0.1, 0.15) is 18.1 Å².